The second-order valence-electron chi connectivity index (χ2n) is 8.45. The fraction of sp³-hybridized carbons (Fsp3) is 0.750. The Morgan fingerprint density at radius 3 is 2.50 bits per heavy atom. The van der Waals surface area contributed by atoms with Crippen molar-refractivity contribution < 1.29 is 0 Å². The van der Waals surface area contributed by atoms with Gasteiger partial charge in [-0.3, -0.25) is 0 Å². The number of rotatable bonds is 12. The Kier molecular flexibility index (Phi) is 9.70. The molecule has 2 unspecified atom stereocenters. The molecule has 2 rings (SSSR count). The Labute approximate surface area is 171 Å². The van der Waals surface area contributed by atoms with E-state index in [1.54, 1.807) is 16.7 Å². The molecule has 26 heavy (non-hydrogen) atoms. The second-order valence-corrected chi connectivity index (χ2v) is 9.37. The van der Waals surface area contributed by atoms with Crippen molar-refractivity contribution in [3.63, 3.8) is 0 Å². The van der Waals surface area contributed by atoms with E-state index in [0.717, 1.165) is 5.92 Å². The van der Waals surface area contributed by atoms with Crippen molar-refractivity contribution in [2.45, 2.75) is 85.5 Å². The zero-order valence-corrected chi connectivity index (χ0v) is 19.2. The molecule has 148 valence electrons. The summed E-state index contributed by atoms with van der Waals surface area (Å²) < 4.78 is 1.39. The minimum Gasteiger partial charge on any atom is -0.304 e. The molecule has 0 radical (unpaired) electrons. The monoisotopic (exact) mass is 421 g/mol. The number of hydrogen-bond donors (Lipinski definition) is 0. The Morgan fingerprint density at radius 1 is 1.04 bits per heavy atom. The van der Waals surface area contributed by atoms with Crippen LogP contribution in [0.25, 0.3) is 0 Å². The highest BCUT2D eigenvalue weighted by Crippen LogP contribution is 2.41. The van der Waals surface area contributed by atoms with Crippen LogP contribution in [0.5, 0.6) is 0 Å². The van der Waals surface area contributed by atoms with Gasteiger partial charge >= 0.3 is 0 Å². The number of nitrogens with zero attached hydrogens (tertiary/aromatic N) is 1. The molecule has 0 saturated heterocycles. The van der Waals surface area contributed by atoms with Crippen LogP contribution in [-0.2, 0) is 0 Å². The summed E-state index contributed by atoms with van der Waals surface area (Å²) in [4.78, 5) is 2.64. The van der Waals surface area contributed by atoms with Gasteiger partial charge in [0.15, 0.2) is 0 Å². The predicted molar refractivity (Wildman–Crippen MR) is 120 cm³/mol. The van der Waals surface area contributed by atoms with Crippen LogP contribution in [0.3, 0.4) is 0 Å². The van der Waals surface area contributed by atoms with Gasteiger partial charge in [-0.1, -0.05) is 74.5 Å². The maximum absolute atomic E-state index is 3.76. The van der Waals surface area contributed by atoms with E-state index in [1.807, 2.05) is 0 Å². The highest BCUT2D eigenvalue weighted by Gasteiger charge is 2.23. The van der Waals surface area contributed by atoms with Crippen molar-refractivity contribution in [2.24, 2.45) is 11.8 Å². The van der Waals surface area contributed by atoms with E-state index in [2.05, 4.69) is 60.7 Å². The minimum atomic E-state index is 0.652. The average molecular weight is 422 g/mol. The second kappa shape index (κ2) is 11.5. The summed E-state index contributed by atoms with van der Waals surface area (Å²) >= 11 is 3.76. The fourth-order valence-electron chi connectivity index (χ4n) is 4.49. The molecule has 2 aliphatic carbocycles. The molecule has 0 amide bonds. The number of allylic oxidation sites excluding steroid dienone is 6. The van der Waals surface area contributed by atoms with E-state index in [0.29, 0.717) is 5.92 Å². The molecule has 0 aliphatic heterocycles. The zero-order valence-electron chi connectivity index (χ0n) is 17.6. The fourth-order valence-corrected chi connectivity index (χ4v) is 4.93. The Hall–Kier alpha value is -0.340. The maximum atomic E-state index is 3.76. The lowest BCUT2D eigenvalue weighted by atomic mass is 9.89. The minimum absolute atomic E-state index is 0.652. The Bertz CT molecular complexity index is 528. The summed E-state index contributed by atoms with van der Waals surface area (Å²) in [6, 6.07) is 0. The summed E-state index contributed by atoms with van der Waals surface area (Å²) in [6.07, 6.45) is 16.8. The van der Waals surface area contributed by atoms with Gasteiger partial charge in [0.05, 0.1) is 0 Å². The van der Waals surface area contributed by atoms with Gasteiger partial charge in [0.25, 0.3) is 0 Å². The van der Waals surface area contributed by atoms with Crippen molar-refractivity contribution in [2.75, 3.05) is 19.6 Å². The molecule has 1 nitrogen and oxygen atoms in total. The topological polar surface area (TPSA) is 3.24 Å². The van der Waals surface area contributed by atoms with Crippen LogP contribution in [0.2, 0.25) is 0 Å². The van der Waals surface area contributed by atoms with Crippen LogP contribution in [0, 0.1) is 11.8 Å². The first-order chi connectivity index (χ1) is 12.6. The highest BCUT2D eigenvalue weighted by molar-refractivity contribution is 9.11. The molecular formula is C24H40BrN. The third kappa shape index (κ3) is 6.68. The number of hydrogen-bond acceptors (Lipinski definition) is 1. The molecule has 0 spiro atoms. The van der Waals surface area contributed by atoms with Crippen LogP contribution in [-0.4, -0.2) is 24.5 Å². The van der Waals surface area contributed by atoms with Gasteiger partial charge in [0.1, 0.15) is 0 Å². The van der Waals surface area contributed by atoms with Crippen LogP contribution in [0.1, 0.15) is 85.5 Å². The van der Waals surface area contributed by atoms with Gasteiger partial charge in [0.2, 0.25) is 0 Å². The van der Waals surface area contributed by atoms with Gasteiger partial charge in [0, 0.05) is 0 Å². The summed E-state index contributed by atoms with van der Waals surface area (Å²) in [7, 11) is 0. The molecule has 2 atom stereocenters. The van der Waals surface area contributed by atoms with E-state index in [4.69, 9.17) is 0 Å². The van der Waals surface area contributed by atoms with Gasteiger partial charge in [-0.05, 0) is 91.7 Å². The van der Waals surface area contributed by atoms with Gasteiger partial charge < -0.3 is 4.90 Å². The third-order valence-corrected chi connectivity index (χ3v) is 7.14. The molecular weight excluding hydrogens is 382 g/mol. The largest absolute Gasteiger partial charge is 0.304 e. The lowest BCUT2D eigenvalue weighted by molar-refractivity contribution is 0.266. The SMILES string of the molecule is CCCCN(CC)CCCC(CCC)CC1=CC2=C(C=C(Br)C(C)C2)C1. The van der Waals surface area contributed by atoms with E-state index < -0.39 is 0 Å². The van der Waals surface area contributed by atoms with Crippen molar-refractivity contribution in [3.8, 4) is 0 Å². The Morgan fingerprint density at radius 2 is 1.81 bits per heavy atom. The highest BCUT2D eigenvalue weighted by atomic mass is 79.9. The lowest BCUT2D eigenvalue weighted by Crippen LogP contribution is -2.26. The molecule has 2 heteroatoms. The average Bonchev–Trinajstić information content (AvgIpc) is 2.99. The third-order valence-electron chi connectivity index (χ3n) is 6.13. The predicted octanol–water partition coefficient (Wildman–Crippen LogP) is 7.64. The van der Waals surface area contributed by atoms with Crippen molar-refractivity contribution in [1.82, 2.24) is 4.90 Å². The molecule has 0 heterocycles. The van der Waals surface area contributed by atoms with Crippen LogP contribution >= 0.6 is 15.9 Å². The quantitative estimate of drug-likeness (QED) is 0.312. The van der Waals surface area contributed by atoms with Crippen molar-refractivity contribution in [3.05, 3.63) is 33.4 Å². The van der Waals surface area contributed by atoms with Crippen LogP contribution < -0.4 is 0 Å². The first-order valence-electron chi connectivity index (χ1n) is 11.1. The smallest absolute Gasteiger partial charge is 0.00149 e. The number of unbranched alkanes of at least 4 members (excludes halogenated alkanes) is 1. The van der Waals surface area contributed by atoms with Crippen molar-refractivity contribution >= 4 is 15.9 Å². The first-order valence-corrected chi connectivity index (χ1v) is 11.9. The van der Waals surface area contributed by atoms with Crippen LogP contribution in [0.4, 0.5) is 0 Å². The summed E-state index contributed by atoms with van der Waals surface area (Å²) in [5.41, 5.74) is 4.89. The van der Waals surface area contributed by atoms with Crippen molar-refractivity contribution in [1.29, 1.82) is 0 Å². The Balaban J connectivity index is 1.81. The number of halogens is 1. The molecule has 0 saturated carbocycles. The molecule has 2 aliphatic rings. The molecule has 0 fully saturated rings. The summed E-state index contributed by atoms with van der Waals surface area (Å²) in [5, 5.41) is 0. The summed E-state index contributed by atoms with van der Waals surface area (Å²) in [6.45, 7) is 13.1. The van der Waals surface area contributed by atoms with Gasteiger partial charge in [-0.25, -0.2) is 0 Å². The van der Waals surface area contributed by atoms with E-state index in [9.17, 15) is 0 Å². The lowest BCUT2D eigenvalue weighted by Gasteiger charge is -2.22. The molecule has 0 aromatic rings. The first kappa shape index (κ1) is 22.0. The standard InChI is InChI=1S/C24H40BrN/c1-5-8-12-26(7-3)13-9-11-20(10-6-2)15-21-16-22-14-19(4)24(25)18-23(22)17-21/h16,18-20H,5-15,17H2,1-4H3. The normalized spacial score (nSPS) is 21.1. The molecule has 0 aromatic heterocycles. The molecule has 0 N–H and O–H groups in total. The summed E-state index contributed by atoms with van der Waals surface area (Å²) in [5.74, 6) is 1.53. The maximum Gasteiger partial charge on any atom is -0.00149 e. The van der Waals surface area contributed by atoms with Gasteiger partial charge in [-0.15, -0.1) is 0 Å². The van der Waals surface area contributed by atoms with E-state index in [-0.39, 0.29) is 0 Å². The molecule has 0 aromatic carbocycles. The molecule has 0 bridgehead atoms. The van der Waals surface area contributed by atoms with E-state index in [1.165, 1.54) is 81.9 Å². The van der Waals surface area contributed by atoms with E-state index >= 15 is 0 Å². The van der Waals surface area contributed by atoms with Crippen LogP contribution in [0.15, 0.2) is 33.4 Å². The van der Waals surface area contributed by atoms with Gasteiger partial charge in [-0.2, -0.15) is 0 Å². The zero-order chi connectivity index (χ0) is 18.9.